The van der Waals surface area contributed by atoms with E-state index in [1.165, 1.54) is 0 Å². The number of hydrogen-bond donors (Lipinski definition) is 1. The molecule has 40 valence electrons. The monoisotopic (exact) mass is 99.1 g/mol. The van der Waals surface area contributed by atoms with Gasteiger partial charge in [-0.15, -0.1) is 0 Å². The summed E-state index contributed by atoms with van der Waals surface area (Å²) in [5.74, 6) is 0. The van der Waals surface area contributed by atoms with Gasteiger partial charge in [0.05, 0.1) is 6.04 Å². The second-order valence-electron chi connectivity index (χ2n) is 2.08. The molecule has 0 saturated carbocycles. The molecule has 0 radical (unpaired) electrons. The molecule has 0 aliphatic carbocycles. The van der Waals surface area contributed by atoms with Gasteiger partial charge >= 0.3 is 0 Å². The van der Waals surface area contributed by atoms with Crippen LogP contribution in [-0.4, -0.2) is 11.7 Å². The fourth-order valence-electron chi connectivity index (χ4n) is 0.261. The van der Waals surface area contributed by atoms with Crippen LogP contribution in [-0.2, 0) is 0 Å². The first-order valence-corrected chi connectivity index (χ1v) is 2.35. The Hall–Kier alpha value is -0.440. The highest BCUT2D eigenvalue weighted by molar-refractivity contribution is 4.95. The normalized spacial score (nSPS) is 27.3. The lowest BCUT2D eigenvalue weighted by Crippen LogP contribution is -2.31. The molecule has 1 atom stereocenters. The molecule has 0 aromatic rings. The second kappa shape index (κ2) is 1.04. The molecule has 1 rings (SSSR count). The number of rotatable bonds is 1. The lowest BCUT2D eigenvalue weighted by molar-refractivity contribution is 0.542. The predicted molar refractivity (Wildman–Crippen MR) is 26.9 cm³/mol. The van der Waals surface area contributed by atoms with Gasteiger partial charge in [-0.3, -0.25) is 0 Å². The van der Waals surface area contributed by atoms with Gasteiger partial charge in [0.15, 0.2) is 0 Å². The summed E-state index contributed by atoms with van der Waals surface area (Å²) in [4.78, 5) is 0. The Labute approximate surface area is 42.6 Å². The van der Waals surface area contributed by atoms with Crippen molar-refractivity contribution in [2.45, 2.75) is 25.6 Å². The van der Waals surface area contributed by atoms with Gasteiger partial charge in [0.25, 0.3) is 0 Å². The fourth-order valence-corrected chi connectivity index (χ4v) is 0.261. The first-order chi connectivity index (χ1) is 3.15. The zero-order chi connectivity index (χ0) is 5.49. The molecular formula is C4H9N3. The SMILES string of the molecule is CC(N)C1(C)N=N1. The van der Waals surface area contributed by atoms with E-state index >= 15 is 0 Å². The maximum absolute atomic E-state index is 5.44. The minimum atomic E-state index is -0.222. The molecule has 2 N–H and O–H groups in total. The maximum atomic E-state index is 5.44. The van der Waals surface area contributed by atoms with Crippen LogP contribution in [0, 0.1) is 0 Å². The largest absolute Gasteiger partial charge is 0.324 e. The van der Waals surface area contributed by atoms with Crippen molar-refractivity contribution in [1.29, 1.82) is 0 Å². The Bertz CT molecular complexity index is 99.5. The molecule has 3 nitrogen and oxygen atoms in total. The van der Waals surface area contributed by atoms with E-state index in [1.807, 2.05) is 13.8 Å². The van der Waals surface area contributed by atoms with E-state index in [4.69, 9.17) is 5.73 Å². The Morgan fingerprint density at radius 1 is 1.57 bits per heavy atom. The standard InChI is InChI=1S/C4H9N3/c1-3(5)4(2)6-7-4/h3H,5H2,1-2H3. The van der Waals surface area contributed by atoms with Crippen molar-refractivity contribution in [3.8, 4) is 0 Å². The summed E-state index contributed by atoms with van der Waals surface area (Å²) in [5, 5.41) is 7.47. The van der Waals surface area contributed by atoms with E-state index in [-0.39, 0.29) is 11.7 Å². The van der Waals surface area contributed by atoms with Gasteiger partial charge in [-0.2, -0.15) is 10.2 Å². The van der Waals surface area contributed by atoms with Gasteiger partial charge in [-0.05, 0) is 13.8 Å². The van der Waals surface area contributed by atoms with Crippen LogP contribution in [0.25, 0.3) is 0 Å². The van der Waals surface area contributed by atoms with Gasteiger partial charge in [0, 0.05) is 0 Å². The van der Waals surface area contributed by atoms with Gasteiger partial charge in [0.2, 0.25) is 5.66 Å². The molecule has 0 fully saturated rings. The summed E-state index contributed by atoms with van der Waals surface area (Å²) >= 11 is 0. The van der Waals surface area contributed by atoms with Crippen LogP contribution in [0.2, 0.25) is 0 Å². The number of nitrogens with zero attached hydrogens (tertiary/aromatic N) is 2. The summed E-state index contributed by atoms with van der Waals surface area (Å²) in [6.45, 7) is 3.82. The first-order valence-electron chi connectivity index (χ1n) is 2.35. The van der Waals surface area contributed by atoms with Crippen LogP contribution in [0.1, 0.15) is 13.8 Å². The third kappa shape index (κ3) is 0.632. The summed E-state index contributed by atoms with van der Waals surface area (Å²) in [6.07, 6.45) is 0. The van der Waals surface area contributed by atoms with E-state index in [1.54, 1.807) is 0 Å². The van der Waals surface area contributed by atoms with Crippen LogP contribution < -0.4 is 5.73 Å². The average Bonchev–Trinajstić information content (AvgIpc) is 2.21. The molecule has 0 saturated heterocycles. The van der Waals surface area contributed by atoms with Crippen molar-refractivity contribution < 1.29 is 0 Å². The first kappa shape index (κ1) is 4.71. The smallest absolute Gasteiger partial charge is 0.202 e. The van der Waals surface area contributed by atoms with E-state index in [0.29, 0.717) is 0 Å². The maximum Gasteiger partial charge on any atom is 0.202 e. The lowest BCUT2D eigenvalue weighted by Gasteiger charge is -2.04. The van der Waals surface area contributed by atoms with Crippen LogP contribution in [0.3, 0.4) is 0 Å². The fraction of sp³-hybridized carbons (Fsp3) is 1.00. The predicted octanol–water partition coefficient (Wildman–Crippen LogP) is 0.516. The lowest BCUT2D eigenvalue weighted by atomic mass is 10.1. The van der Waals surface area contributed by atoms with Crippen LogP contribution in [0.5, 0.6) is 0 Å². The van der Waals surface area contributed by atoms with Crippen molar-refractivity contribution in [2.24, 2.45) is 16.0 Å². The minimum Gasteiger partial charge on any atom is -0.324 e. The molecule has 0 aromatic heterocycles. The van der Waals surface area contributed by atoms with Crippen molar-refractivity contribution >= 4 is 0 Å². The molecule has 7 heavy (non-hydrogen) atoms. The highest BCUT2D eigenvalue weighted by Gasteiger charge is 2.37. The molecule has 0 aromatic carbocycles. The Morgan fingerprint density at radius 2 is 2.00 bits per heavy atom. The Balaban J connectivity index is 2.41. The number of hydrogen-bond acceptors (Lipinski definition) is 3. The summed E-state index contributed by atoms with van der Waals surface area (Å²) in [5.41, 5.74) is 5.22. The van der Waals surface area contributed by atoms with E-state index in [0.717, 1.165) is 0 Å². The second-order valence-corrected chi connectivity index (χ2v) is 2.08. The summed E-state index contributed by atoms with van der Waals surface area (Å²) < 4.78 is 0. The topological polar surface area (TPSA) is 50.7 Å². The molecule has 1 unspecified atom stereocenters. The van der Waals surface area contributed by atoms with Crippen LogP contribution in [0.4, 0.5) is 0 Å². The molecule has 1 aliphatic heterocycles. The molecule has 3 heteroatoms. The zero-order valence-electron chi connectivity index (χ0n) is 4.55. The molecule has 0 bridgehead atoms. The van der Waals surface area contributed by atoms with Crippen LogP contribution in [0.15, 0.2) is 10.2 Å². The minimum absolute atomic E-state index is 0.0764. The molecule has 1 heterocycles. The highest BCUT2D eigenvalue weighted by Crippen LogP contribution is 2.28. The highest BCUT2D eigenvalue weighted by atomic mass is 15.4. The van der Waals surface area contributed by atoms with E-state index in [9.17, 15) is 0 Å². The third-order valence-electron chi connectivity index (χ3n) is 1.28. The molecular weight excluding hydrogens is 90.1 g/mol. The summed E-state index contributed by atoms with van der Waals surface area (Å²) in [7, 11) is 0. The Morgan fingerprint density at radius 3 is 2.00 bits per heavy atom. The number of nitrogens with two attached hydrogens (primary N) is 1. The van der Waals surface area contributed by atoms with Crippen molar-refractivity contribution in [3.63, 3.8) is 0 Å². The van der Waals surface area contributed by atoms with Gasteiger partial charge < -0.3 is 5.73 Å². The summed E-state index contributed by atoms with van der Waals surface area (Å²) in [6, 6.07) is 0.0764. The quantitative estimate of drug-likeness (QED) is 0.511. The van der Waals surface area contributed by atoms with Crippen LogP contribution >= 0.6 is 0 Å². The van der Waals surface area contributed by atoms with Gasteiger partial charge in [-0.25, -0.2) is 0 Å². The van der Waals surface area contributed by atoms with E-state index in [2.05, 4.69) is 10.2 Å². The molecule has 0 spiro atoms. The molecule has 0 amide bonds. The average molecular weight is 99.1 g/mol. The molecule has 1 aliphatic rings. The zero-order valence-corrected chi connectivity index (χ0v) is 4.55. The van der Waals surface area contributed by atoms with Gasteiger partial charge in [0.1, 0.15) is 0 Å². The van der Waals surface area contributed by atoms with Crippen molar-refractivity contribution in [3.05, 3.63) is 0 Å². The third-order valence-corrected chi connectivity index (χ3v) is 1.28. The van der Waals surface area contributed by atoms with Gasteiger partial charge in [-0.1, -0.05) is 0 Å². The van der Waals surface area contributed by atoms with Crippen molar-refractivity contribution in [2.75, 3.05) is 0 Å². The van der Waals surface area contributed by atoms with E-state index < -0.39 is 0 Å². The van der Waals surface area contributed by atoms with Crippen molar-refractivity contribution in [1.82, 2.24) is 0 Å². The Kier molecular flexibility index (Phi) is 0.698.